The maximum atomic E-state index is 12.9. The molecule has 0 amide bonds. The summed E-state index contributed by atoms with van der Waals surface area (Å²) in [4.78, 5) is 12.9. The first-order valence-electron chi connectivity index (χ1n) is 9.56. The second-order valence-electron chi connectivity index (χ2n) is 8.17. The number of rotatable bonds is 11. The molecular formula is C22H36O4. The van der Waals surface area contributed by atoms with Gasteiger partial charge in [-0.2, -0.15) is 0 Å². The molecule has 0 saturated carbocycles. The third-order valence-corrected chi connectivity index (χ3v) is 5.13. The molecule has 0 aliphatic rings. The van der Waals surface area contributed by atoms with Crippen molar-refractivity contribution in [3.63, 3.8) is 0 Å². The molecule has 0 fully saturated rings. The number of ether oxygens (including phenoxy) is 2. The number of hydrogen-bond donors (Lipinski definition) is 1. The summed E-state index contributed by atoms with van der Waals surface area (Å²) >= 11 is 0. The largest absolute Gasteiger partial charge is 0.392 e. The molecule has 0 aliphatic heterocycles. The Morgan fingerprint density at radius 3 is 2.19 bits per heavy atom. The Morgan fingerprint density at radius 1 is 1.08 bits per heavy atom. The van der Waals surface area contributed by atoms with Gasteiger partial charge in [-0.25, -0.2) is 0 Å². The number of hydrogen-bond acceptors (Lipinski definition) is 4. The van der Waals surface area contributed by atoms with Gasteiger partial charge in [0.05, 0.1) is 31.5 Å². The van der Waals surface area contributed by atoms with Gasteiger partial charge in [0.25, 0.3) is 0 Å². The molecule has 4 atom stereocenters. The lowest BCUT2D eigenvalue weighted by Gasteiger charge is -2.36. The summed E-state index contributed by atoms with van der Waals surface area (Å²) in [5.41, 5.74) is 0.439. The van der Waals surface area contributed by atoms with Crippen LogP contribution in [0.25, 0.3) is 0 Å². The van der Waals surface area contributed by atoms with Crippen LogP contribution in [0.5, 0.6) is 0 Å². The lowest BCUT2D eigenvalue weighted by atomic mass is 9.74. The fourth-order valence-electron chi connectivity index (χ4n) is 3.05. The smallest absolute Gasteiger partial charge is 0.146 e. The Hall–Kier alpha value is -1.23. The van der Waals surface area contributed by atoms with E-state index < -0.39 is 17.4 Å². The zero-order valence-electron chi connectivity index (χ0n) is 17.4. The molecule has 1 N–H and O–H groups in total. The van der Waals surface area contributed by atoms with Crippen molar-refractivity contribution in [3.05, 3.63) is 35.9 Å². The molecule has 0 aromatic heterocycles. The van der Waals surface area contributed by atoms with Crippen LogP contribution in [0.4, 0.5) is 0 Å². The minimum absolute atomic E-state index is 0.0214. The van der Waals surface area contributed by atoms with Crippen molar-refractivity contribution in [2.75, 3.05) is 6.61 Å². The molecule has 148 valence electrons. The second kappa shape index (κ2) is 10.2. The van der Waals surface area contributed by atoms with Crippen LogP contribution >= 0.6 is 0 Å². The van der Waals surface area contributed by atoms with E-state index in [4.69, 9.17) is 9.47 Å². The minimum Gasteiger partial charge on any atom is -0.392 e. The maximum absolute atomic E-state index is 12.9. The number of aliphatic hydroxyl groups excluding tert-OH is 1. The highest BCUT2D eigenvalue weighted by atomic mass is 16.5. The monoisotopic (exact) mass is 364 g/mol. The molecule has 4 heteroatoms. The summed E-state index contributed by atoms with van der Waals surface area (Å²) < 4.78 is 11.5. The van der Waals surface area contributed by atoms with Gasteiger partial charge >= 0.3 is 0 Å². The quantitative estimate of drug-likeness (QED) is 0.638. The van der Waals surface area contributed by atoms with Gasteiger partial charge < -0.3 is 14.6 Å². The van der Waals surface area contributed by atoms with Gasteiger partial charge in [-0.1, -0.05) is 58.0 Å². The fraction of sp³-hybridized carbons (Fsp3) is 0.682. The Morgan fingerprint density at radius 2 is 1.65 bits per heavy atom. The van der Waals surface area contributed by atoms with E-state index in [2.05, 4.69) is 0 Å². The topological polar surface area (TPSA) is 55.8 Å². The van der Waals surface area contributed by atoms with Crippen LogP contribution in [0.1, 0.15) is 54.0 Å². The minimum atomic E-state index is -0.746. The number of ketones is 1. The van der Waals surface area contributed by atoms with Gasteiger partial charge in [0, 0.05) is 17.3 Å². The Labute approximate surface area is 158 Å². The highest BCUT2D eigenvalue weighted by Crippen LogP contribution is 2.31. The van der Waals surface area contributed by atoms with Crippen LogP contribution in [0.3, 0.4) is 0 Å². The molecule has 1 rings (SSSR count). The van der Waals surface area contributed by atoms with E-state index in [1.165, 1.54) is 0 Å². The third kappa shape index (κ3) is 6.49. The van der Waals surface area contributed by atoms with Crippen molar-refractivity contribution >= 4 is 5.78 Å². The van der Waals surface area contributed by atoms with Crippen molar-refractivity contribution in [2.24, 2.45) is 17.3 Å². The molecule has 26 heavy (non-hydrogen) atoms. The van der Waals surface area contributed by atoms with Crippen LogP contribution in [0.15, 0.2) is 30.3 Å². The highest BCUT2D eigenvalue weighted by molar-refractivity contribution is 5.87. The standard InChI is InChI=1S/C22H36O4/c1-15(2)26-18(5)22(6,7)21(24)17(4)20(23)16(3)13-25-14-19-11-9-8-10-12-19/h8-12,15-18,20,23H,13-14H2,1-7H3/t16-,17+,18?,20-/m0/s1. The molecule has 1 unspecified atom stereocenters. The van der Waals surface area contributed by atoms with Crippen molar-refractivity contribution in [2.45, 2.75) is 73.4 Å². The first-order chi connectivity index (χ1) is 12.1. The number of aliphatic hydroxyl groups is 1. The maximum Gasteiger partial charge on any atom is 0.146 e. The predicted molar refractivity (Wildman–Crippen MR) is 105 cm³/mol. The molecule has 4 nitrogen and oxygen atoms in total. The lowest BCUT2D eigenvalue weighted by molar-refractivity contribution is -0.146. The Bertz CT molecular complexity index is 538. The molecule has 0 bridgehead atoms. The SMILES string of the molecule is CC(C)OC(C)C(C)(C)C(=O)[C@H](C)[C@@H](O)[C@@H](C)COCc1ccccc1. The van der Waals surface area contributed by atoms with E-state index in [1.807, 2.05) is 71.9 Å². The third-order valence-electron chi connectivity index (χ3n) is 5.13. The van der Waals surface area contributed by atoms with Gasteiger partial charge in [-0.3, -0.25) is 4.79 Å². The summed E-state index contributed by atoms with van der Waals surface area (Å²) in [6.45, 7) is 14.2. The fourth-order valence-corrected chi connectivity index (χ4v) is 3.05. The average molecular weight is 365 g/mol. The van der Waals surface area contributed by atoms with Gasteiger partial charge in [-0.05, 0) is 26.3 Å². The molecule has 0 radical (unpaired) electrons. The average Bonchev–Trinajstić information content (AvgIpc) is 2.59. The Balaban J connectivity index is 2.58. The highest BCUT2D eigenvalue weighted by Gasteiger charge is 2.40. The molecule has 1 aromatic rings. The molecular weight excluding hydrogens is 328 g/mol. The van der Waals surface area contributed by atoms with E-state index >= 15 is 0 Å². The van der Waals surface area contributed by atoms with Gasteiger partial charge in [0.2, 0.25) is 0 Å². The van der Waals surface area contributed by atoms with Crippen LogP contribution < -0.4 is 0 Å². The number of carbonyl (C=O) groups excluding carboxylic acids is 1. The normalized spacial score (nSPS) is 17.0. The molecule has 0 aliphatic carbocycles. The number of Topliss-reactive ketones (excluding diaryl/α,β-unsaturated/α-hetero) is 1. The van der Waals surface area contributed by atoms with Crippen molar-refractivity contribution in [1.82, 2.24) is 0 Å². The molecule has 0 saturated heterocycles. The lowest BCUT2D eigenvalue weighted by Crippen LogP contribution is -2.45. The van der Waals surface area contributed by atoms with E-state index in [9.17, 15) is 9.90 Å². The van der Waals surface area contributed by atoms with Crippen LogP contribution in [-0.2, 0) is 20.9 Å². The second-order valence-corrected chi connectivity index (χ2v) is 8.17. The predicted octanol–water partition coefficient (Wildman–Crippen LogP) is 4.25. The van der Waals surface area contributed by atoms with Crippen molar-refractivity contribution in [3.8, 4) is 0 Å². The van der Waals surface area contributed by atoms with Gasteiger partial charge in [0.15, 0.2) is 0 Å². The summed E-state index contributed by atoms with van der Waals surface area (Å²) in [7, 11) is 0. The van der Waals surface area contributed by atoms with Crippen molar-refractivity contribution < 1.29 is 19.4 Å². The molecule has 0 heterocycles. The summed E-state index contributed by atoms with van der Waals surface area (Å²) in [6.07, 6.45) is -0.902. The van der Waals surface area contributed by atoms with Gasteiger partial charge in [-0.15, -0.1) is 0 Å². The van der Waals surface area contributed by atoms with E-state index in [0.29, 0.717) is 13.2 Å². The zero-order valence-corrected chi connectivity index (χ0v) is 17.4. The number of benzene rings is 1. The van der Waals surface area contributed by atoms with Gasteiger partial charge in [0.1, 0.15) is 5.78 Å². The first kappa shape index (κ1) is 22.8. The Kier molecular flexibility index (Phi) is 8.94. The van der Waals surface area contributed by atoms with Crippen molar-refractivity contribution in [1.29, 1.82) is 0 Å². The summed E-state index contributed by atoms with van der Waals surface area (Å²) in [5.74, 6) is -0.582. The van der Waals surface area contributed by atoms with E-state index in [-0.39, 0.29) is 23.9 Å². The summed E-state index contributed by atoms with van der Waals surface area (Å²) in [6, 6.07) is 9.92. The van der Waals surface area contributed by atoms with E-state index in [1.54, 1.807) is 6.92 Å². The molecule has 0 spiro atoms. The summed E-state index contributed by atoms with van der Waals surface area (Å²) in [5, 5.41) is 10.6. The van der Waals surface area contributed by atoms with Crippen LogP contribution in [0.2, 0.25) is 0 Å². The van der Waals surface area contributed by atoms with E-state index in [0.717, 1.165) is 5.56 Å². The molecule has 1 aromatic carbocycles. The van der Waals surface area contributed by atoms with Crippen LogP contribution in [0, 0.1) is 17.3 Å². The first-order valence-corrected chi connectivity index (χ1v) is 9.56. The number of carbonyl (C=O) groups is 1. The van der Waals surface area contributed by atoms with Crippen LogP contribution in [-0.4, -0.2) is 35.8 Å². The zero-order chi connectivity index (χ0) is 19.9.